The average molecular weight is 273 g/mol. The summed E-state index contributed by atoms with van der Waals surface area (Å²) in [5.74, 6) is 0.540. The van der Waals surface area contributed by atoms with Crippen molar-refractivity contribution in [1.29, 1.82) is 0 Å². The van der Waals surface area contributed by atoms with E-state index in [4.69, 9.17) is 10.2 Å². The predicted octanol–water partition coefficient (Wildman–Crippen LogP) is 2.42. The van der Waals surface area contributed by atoms with Crippen molar-refractivity contribution in [1.82, 2.24) is 5.32 Å². The van der Waals surface area contributed by atoms with E-state index in [1.165, 1.54) is 0 Å². The van der Waals surface area contributed by atoms with Gasteiger partial charge in [-0.2, -0.15) is 0 Å². The summed E-state index contributed by atoms with van der Waals surface area (Å²) in [5, 5.41) is 2.91. The van der Waals surface area contributed by atoms with Crippen molar-refractivity contribution >= 4 is 17.3 Å². The Morgan fingerprint density at radius 1 is 1.35 bits per heavy atom. The van der Waals surface area contributed by atoms with E-state index in [0.717, 1.165) is 5.69 Å². The van der Waals surface area contributed by atoms with E-state index in [9.17, 15) is 4.79 Å². The summed E-state index contributed by atoms with van der Waals surface area (Å²) >= 11 is 0. The second kappa shape index (κ2) is 5.69. The first-order valence-electron chi connectivity index (χ1n) is 6.40. The molecule has 5 heteroatoms. The van der Waals surface area contributed by atoms with Gasteiger partial charge >= 0.3 is 0 Å². The molecule has 0 aliphatic heterocycles. The lowest BCUT2D eigenvalue weighted by Gasteiger charge is -2.19. The number of carbonyl (C=O) groups excluding carboxylic acids is 1. The minimum atomic E-state index is -0.200. The van der Waals surface area contributed by atoms with Crippen LogP contribution in [0, 0.1) is 0 Å². The molecule has 0 saturated heterocycles. The van der Waals surface area contributed by atoms with Crippen molar-refractivity contribution in [2.24, 2.45) is 0 Å². The summed E-state index contributed by atoms with van der Waals surface area (Å²) in [7, 11) is 3.77. The Hall–Kier alpha value is -2.43. The summed E-state index contributed by atoms with van der Waals surface area (Å²) < 4.78 is 5.28. The molecule has 1 aromatic carbocycles. The quantitative estimate of drug-likeness (QED) is 0.839. The van der Waals surface area contributed by atoms with Gasteiger partial charge in [-0.25, -0.2) is 0 Å². The van der Waals surface area contributed by atoms with Crippen LogP contribution in [-0.2, 0) is 0 Å². The first-order valence-corrected chi connectivity index (χ1v) is 6.40. The Bertz CT molecular complexity index is 591. The highest BCUT2D eigenvalue weighted by Crippen LogP contribution is 2.22. The van der Waals surface area contributed by atoms with Gasteiger partial charge in [0.25, 0.3) is 5.91 Å². The summed E-state index contributed by atoms with van der Waals surface area (Å²) in [6, 6.07) is 8.72. The Morgan fingerprint density at radius 2 is 2.10 bits per heavy atom. The molecule has 1 heterocycles. The smallest absolute Gasteiger partial charge is 0.254 e. The molecule has 3 N–H and O–H groups in total. The number of nitrogens with zero attached hydrogens (tertiary/aromatic N) is 1. The number of carbonyl (C=O) groups is 1. The van der Waals surface area contributed by atoms with E-state index >= 15 is 0 Å². The number of rotatable bonds is 4. The lowest BCUT2D eigenvalue weighted by atomic mass is 10.1. The van der Waals surface area contributed by atoms with E-state index in [2.05, 4.69) is 5.32 Å². The number of anilines is 2. The maximum absolute atomic E-state index is 12.4. The van der Waals surface area contributed by atoms with Gasteiger partial charge in [-0.1, -0.05) is 0 Å². The lowest BCUT2D eigenvalue weighted by molar-refractivity contribution is 0.0936. The van der Waals surface area contributed by atoms with Crippen molar-refractivity contribution in [3.8, 4) is 0 Å². The van der Waals surface area contributed by atoms with Gasteiger partial charge in [0.1, 0.15) is 5.76 Å². The molecular formula is C15H19N3O2. The fraction of sp³-hybridized carbons (Fsp3) is 0.267. The molecule has 106 valence electrons. The van der Waals surface area contributed by atoms with Crippen LogP contribution in [0.4, 0.5) is 11.4 Å². The SMILES string of the molecule is CC(NC(=O)c1cc(N)ccc1N(C)C)c1ccco1. The number of nitrogens with two attached hydrogens (primary N) is 1. The molecule has 1 aromatic heterocycles. The van der Waals surface area contributed by atoms with Gasteiger partial charge in [-0.3, -0.25) is 4.79 Å². The van der Waals surface area contributed by atoms with Gasteiger partial charge in [0.05, 0.1) is 17.9 Å². The van der Waals surface area contributed by atoms with Crippen LogP contribution in [0.2, 0.25) is 0 Å². The number of benzene rings is 1. The average Bonchev–Trinajstić information content (AvgIpc) is 2.92. The number of nitrogens with one attached hydrogen (secondary N) is 1. The third kappa shape index (κ3) is 2.93. The van der Waals surface area contributed by atoms with E-state index in [-0.39, 0.29) is 11.9 Å². The van der Waals surface area contributed by atoms with Crippen LogP contribution < -0.4 is 16.0 Å². The zero-order valence-electron chi connectivity index (χ0n) is 11.9. The van der Waals surface area contributed by atoms with Gasteiger partial charge in [0.2, 0.25) is 0 Å². The zero-order chi connectivity index (χ0) is 14.7. The first-order chi connectivity index (χ1) is 9.49. The predicted molar refractivity (Wildman–Crippen MR) is 79.8 cm³/mol. The van der Waals surface area contributed by atoms with Crippen molar-refractivity contribution in [2.45, 2.75) is 13.0 Å². The molecule has 0 fully saturated rings. The van der Waals surface area contributed by atoms with E-state index in [0.29, 0.717) is 17.0 Å². The van der Waals surface area contributed by atoms with Gasteiger partial charge < -0.3 is 20.4 Å². The number of hydrogen-bond acceptors (Lipinski definition) is 4. The Kier molecular flexibility index (Phi) is 3.98. The molecule has 1 unspecified atom stereocenters. The van der Waals surface area contributed by atoms with Crippen molar-refractivity contribution in [2.75, 3.05) is 24.7 Å². The standard InChI is InChI=1S/C15H19N3O2/c1-10(14-5-4-8-20-14)17-15(19)12-9-11(16)6-7-13(12)18(2)3/h4-10H,16H2,1-3H3,(H,17,19). The molecule has 0 radical (unpaired) electrons. The van der Waals surface area contributed by atoms with E-state index in [1.54, 1.807) is 24.5 Å². The Labute approximate surface area is 118 Å². The summed E-state index contributed by atoms with van der Waals surface area (Å²) in [6.07, 6.45) is 1.59. The molecule has 1 amide bonds. The van der Waals surface area contributed by atoms with Crippen molar-refractivity contribution < 1.29 is 9.21 Å². The van der Waals surface area contributed by atoms with Crippen molar-refractivity contribution in [3.63, 3.8) is 0 Å². The minimum Gasteiger partial charge on any atom is -0.467 e. The zero-order valence-corrected chi connectivity index (χ0v) is 11.9. The fourth-order valence-electron chi connectivity index (χ4n) is 2.01. The van der Waals surface area contributed by atoms with Crippen LogP contribution in [0.5, 0.6) is 0 Å². The molecule has 0 saturated carbocycles. The first kappa shape index (κ1) is 14.0. The summed E-state index contributed by atoms with van der Waals surface area (Å²) in [4.78, 5) is 14.3. The molecule has 5 nitrogen and oxygen atoms in total. The van der Waals surface area contributed by atoms with Crippen LogP contribution in [0.3, 0.4) is 0 Å². The topological polar surface area (TPSA) is 71.5 Å². The molecule has 0 bridgehead atoms. The Balaban J connectivity index is 2.22. The van der Waals surface area contributed by atoms with Crippen LogP contribution in [0.1, 0.15) is 29.1 Å². The lowest BCUT2D eigenvalue weighted by Crippen LogP contribution is -2.28. The van der Waals surface area contributed by atoms with Crippen molar-refractivity contribution in [3.05, 3.63) is 47.9 Å². The van der Waals surface area contributed by atoms with Crippen LogP contribution >= 0.6 is 0 Å². The summed E-state index contributed by atoms with van der Waals surface area (Å²) in [6.45, 7) is 1.87. The van der Waals surface area contributed by atoms with E-state index < -0.39 is 0 Å². The molecule has 20 heavy (non-hydrogen) atoms. The number of furan rings is 1. The second-order valence-corrected chi connectivity index (χ2v) is 4.88. The highest BCUT2D eigenvalue weighted by molar-refractivity contribution is 6.00. The highest BCUT2D eigenvalue weighted by Gasteiger charge is 2.17. The molecule has 2 aromatic rings. The summed E-state index contributed by atoms with van der Waals surface area (Å²) in [5.41, 5.74) is 7.71. The molecule has 2 rings (SSSR count). The number of amides is 1. The molecule has 0 aliphatic carbocycles. The van der Waals surface area contributed by atoms with Crippen LogP contribution in [0.15, 0.2) is 41.0 Å². The Morgan fingerprint density at radius 3 is 2.70 bits per heavy atom. The molecular weight excluding hydrogens is 254 g/mol. The largest absolute Gasteiger partial charge is 0.467 e. The fourth-order valence-corrected chi connectivity index (χ4v) is 2.01. The molecule has 0 spiro atoms. The maximum atomic E-state index is 12.4. The number of nitrogen functional groups attached to an aromatic ring is 1. The van der Waals surface area contributed by atoms with E-state index in [1.807, 2.05) is 38.1 Å². The van der Waals surface area contributed by atoms with Gasteiger partial charge in [-0.15, -0.1) is 0 Å². The maximum Gasteiger partial charge on any atom is 0.254 e. The van der Waals surface area contributed by atoms with Crippen LogP contribution in [0.25, 0.3) is 0 Å². The third-order valence-electron chi connectivity index (χ3n) is 3.06. The number of hydrogen-bond donors (Lipinski definition) is 2. The normalized spacial score (nSPS) is 11.9. The molecule has 1 atom stereocenters. The van der Waals surface area contributed by atoms with Crippen LogP contribution in [-0.4, -0.2) is 20.0 Å². The third-order valence-corrected chi connectivity index (χ3v) is 3.06. The molecule has 0 aliphatic rings. The monoisotopic (exact) mass is 273 g/mol. The van der Waals surface area contributed by atoms with Gasteiger partial charge in [-0.05, 0) is 37.3 Å². The minimum absolute atomic E-state index is 0.176. The second-order valence-electron chi connectivity index (χ2n) is 4.88. The highest BCUT2D eigenvalue weighted by atomic mass is 16.3. The van der Waals surface area contributed by atoms with Gasteiger partial charge in [0.15, 0.2) is 0 Å². The van der Waals surface area contributed by atoms with Gasteiger partial charge in [0, 0.05) is 25.5 Å².